The molecule has 4 N–H and O–H groups in total. The molecule has 3 aliphatic rings. The number of aliphatic hydroxyl groups is 1. The molecular formula is C20H24ClF3N2O2. The highest BCUT2D eigenvalue weighted by Gasteiger charge is 2.59. The summed E-state index contributed by atoms with van der Waals surface area (Å²) in [5.41, 5.74) is 3.39. The van der Waals surface area contributed by atoms with Gasteiger partial charge in [0.15, 0.2) is 0 Å². The van der Waals surface area contributed by atoms with E-state index in [0.29, 0.717) is 32.1 Å². The van der Waals surface area contributed by atoms with E-state index in [0.717, 1.165) is 12.1 Å². The first-order chi connectivity index (χ1) is 13.1. The van der Waals surface area contributed by atoms with Crippen molar-refractivity contribution in [3.05, 3.63) is 34.4 Å². The van der Waals surface area contributed by atoms with Crippen molar-refractivity contribution in [1.82, 2.24) is 5.32 Å². The van der Waals surface area contributed by atoms with Gasteiger partial charge in [-0.1, -0.05) is 11.6 Å². The third kappa shape index (κ3) is 3.21. The van der Waals surface area contributed by atoms with Crippen LogP contribution in [0.2, 0.25) is 5.02 Å². The predicted octanol–water partition coefficient (Wildman–Crippen LogP) is 3.55. The van der Waals surface area contributed by atoms with E-state index in [1.54, 1.807) is 0 Å². The number of hydrogen-bond acceptors (Lipinski definition) is 3. The largest absolute Gasteiger partial charge is 0.391 e. The van der Waals surface area contributed by atoms with Gasteiger partial charge in [-0.25, -0.2) is 13.2 Å². The summed E-state index contributed by atoms with van der Waals surface area (Å²) in [5, 5.41) is 12.4. The number of aliphatic hydroxyl groups excluding tert-OH is 1. The highest BCUT2D eigenvalue weighted by Crippen LogP contribution is 2.63. The van der Waals surface area contributed by atoms with Crippen molar-refractivity contribution in [2.45, 2.75) is 68.8 Å². The van der Waals surface area contributed by atoms with Crippen LogP contribution in [0.15, 0.2) is 12.1 Å². The molecule has 0 aromatic heterocycles. The number of nitrogens with one attached hydrogen (secondary N) is 1. The topological polar surface area (TPSA) is 75.4 Å². The molecule has 28 heavy (non-hydrogen) atoms. The number of halogens is 4. The van der Waals surface area contributed by atoms with E-state index in [2.05, 4.69) is 5.32 Å². The Hall–Kier alpha value is -1.31. The molecule has 8 heteroatoms. The van der Waals surface area contributed by atoms with Crippen LogP contribution in [0.5, 0.6) is 0 Å². The van der Waals surface area contributed by atoms with Gasteiger partial charge in [0, 0.05) is 17.5 Å². The average Bonchev–Trinajstić information content (AvgIpc) is 3.29. The molecule has 0 spiro atoms. The van der Waals surface area contributed by atoms with Gasteiger partial charge in [0.2, 0.25) is 5.91 Å². The minimum atomic E-state index is -1.35. The van der Waals surface area contributed by atoms with E-state index >= 15 is 0 Å². The molecule has 0 aliphatic heterocycles. The molecule has 4 atom stereocenters. The normalized spacial score (nSPS) is 38.0. The van der Waals surface area contributed by atoms with Crippen LogP contribution in [0.4, 0.5) is 13.2 Å². The Morgan fingerprint density at radius 3 is 2.46 bits per heavy atom. The molecule has 3 fully saturated rings. The smallest absolute Gasteiger partial charge is 0.223 e. The summed E-state index contributed by atoms with van der Waals surface area (Å²) < 4.78 is 44.4. The van der Waals surface area contributed by atoms with Crippen molar-refractivity contribution in [3.8, 4) is 0 Å². The third-order valence-electron chi connectivity index (χ3n) is 7.03. The monoisotopic (exact) mass is 416 g/mol. The summed E-state index contributed by atoms with van der Waals surface area (Å²) >= 11 is 5.89. The molecule has 4 nitrogen and oxygen atoms in total. The highest BCUT2D eigenvalue weighted by atomic mass is 35.5. The number of rotatable bonds is 4. The lowest BCUT2D eigenvalue weighted by Crippen LogP contribution is -2.42. The van der Waals surface area contributed by atoms with Crippen LogP contribution in [-0.2, 0) is 4.79 Å². The molecule has 0 saturated heterocycles. The summed E-state index contributed by atoms with van der Waals surface area (Å²) in [7, 11) is 0. The quantitative estimate of drug-likeness (QED) is 0.657. The number of carbonyl (C=O) groups excluding carboxylic acids is 1. The standard InChI is InChI=1S/C20H24ClF3N2O2/c21-11-1-2-12(22)15(16(11)23)17(19-3-5-20(24,9-19)6-4-19)26-18(28)10-7-13(25)14(27)8-10/h1-2,10,13-14,17,27H,3-9,25H2,(H,26,28)/t10?,13-,14-,17+,19?,20?/m0/s1. The lowest BCUT2D eigenvalue weighted by molar-refractivity contribution is -0.127. The van der Waals surface area contributed by atoms with Crippen molar-refractivity contribution in [2.24, 2.45) is 17.1 Å². The fourth-order valence-electron chi connectivity index (χ4n) is 5.43. The number of carbonyl (C=O) groups is 1. The van der Waals surface area contributed by atoms with Crippen LogP contribution in [-0.4, -0.2) is 28.8 Å². The zero-order valence-corrected chi connectivity index (χ0v) is 16.1. The van der Waals surface area contributed by atoms with Crippen LogP contribution in [0, 0.1) is 23.0 Å². The Morgan fingerprint density at radius 2 is 1.93 bits per heavy atom. The predicted molar refractivity (Wildman–Crippen MR) is 98.3 cm³/mol. The van der Waals surface area contributed by atoms with Crippen LogP contribution in [0.1, 0.15) is 56.6 Å². The third-order valence-corrected chi connectivity index (χ3v) is 7.32. The van der Waals surface area contributed by atoms with Gasteiger partial charge in [0.05, 0.1) is 17.2 Å². The van der Waals surface area contributed by atoms with Gasteiger partial charge in [-0.15, -0.1) is 0 Å². The fraction of sp³-hybridized carbons (Fsp3) is 0.650. The molecular weight excluding hydrogens is 393 g/mol. The zero-order valence-electron chi connectivity index (χ0n) is 15.4. The molecule has 0 heterocycles. The number of amides is 1. The summed E-state index contributed by atoms with van der Waals surface area (Å²) in [6, 6.07) is 0.663. The van der Waals surface area contributed by atoms with Crippen molar-refractivity contribution in [1.29, 1.82) is 0 Å². The van der Waals surface area contributed by atoms with E-state index in [1.165, 1.54) is 0 Å². The van der Waals surface area contributed by atoms with E-state index in [4.69, 9.17) is 17.3 Å². The second kappa shape index (κ2) is 6.89. The fourth-order valence-corrected chi connectivity index (χ4v) is 5.60. The molecule has 1 aromatic rings. The van der Waals surface area contributed by atoms with Crippen molar-refractivity contribution in [3.63, 3.8) is 0 Å². The first-order valence-electron chi connectivity index (χ1n) is 9.70. The second-order valence-corrected chi connectivity index (χ2v) is 9.20. The maximum absolute atomic E-state index is 14.9. The summed E-state index contributed by atoms with van der Waals surface area (Å²) in [6.45, 7) is 0. The molecule has 3 aliphatic carbocycles. The summed E-state index contributed by atoms with van der Waals surface area (Å²) in [5.74, 6) is -2.71. The average molecular weight is 417 g/mol. The Labute approximate surface area is 166 Å². The van der Waals surface area contributed by atoms with Gasteiger partial charge in [0.25, 0.3) is 0 Å². The van der Waals surface area contributed by atoms with Crippen molar-refractivity contribution >= 4 is 17.5 Å². The molecule has 4 rings (SSSR count). The van der Waals surface area contributed by atoms with Gasteiger partial charge < -0.3 is 16.2 Å². The number of benzene rings is 1. The number of hydrogen-bond donors (Lipinski definition) is 3. The molecule has 1 unspecified atom stereocenters. The van der Waals surface area contributed by atoms with Crippen LogP contribution in [0.3, 0.4) is 0 Å². The van der Waals surface area contributed by atoms with E-state index in [9.17, 15) is 23.1 Å². The number of nitrogens with two attached hydrogens (primary N) is 1. The molecule has 3 saturated carbocycles. The van der Waals surface area contributed by atoms with E-state index < -0.39 is 52.7 Å². The van der Waals surface area contributed by atoms with E-state index in [-0.39, 0.29) is 23.4 Å². The minimum Gasteiger partial charge on any atom is -0.391 e. The Kier molecular flexibility index (Phi) is 4.91. The van der Waals surface area contributed by atoms with Gasteiger partial charge in [-0.2, -0.15) is 0 Å². The Morgan fingerprint density at radius 1 is 1.25 bits per heavy atom. The Bertz CT molecular complexity index is 788. The van der Waals surface area contributed by atoms with Crippen LogP contribution < -0.4 is 11.1 Å². The molecule has 0 radical (unpaired) electrons. The lowest BCUT2D eigenvalue weighted by atomic mass is 9.74. The zero-order chi connectivity index (χ0) is 20.3. The van der Waals surface area contributed by atoms with Crippen molar-refractivity contribution in [2.75, 3.05) is 0 Å². The second-order valence-electron chi connectivity index (χ2n) is 8.79. The maximum Gasteiger partial charge on any atom is 0.223 e. The highest BCUT2D eigenvalue weighted by molar-refractivity contribution is 6.30. The van der Waals surface area contributed by atoms with Crippen LogP contribution >= 0.6 is 11.6 Å². The molecule has 154 valence electrons. The van der Waals surface area contributed by atoms with Crippen LogP contribution in [0.25, 0.3) is 0 Å². The molecule has 1 aromatic carbocycles. The first kappa shape index (κ1) is 20.0. The maximum atomic E-state index is 14.9. The van der Waals surface area contributed by atoms with Gasteiger partial charge in [-0.3, -0.25) is 4.79 Å². The van der Waals surface area contributed by atoms with E-state index in [1.807, 2.05) is 0 Å². The molecule has 2 bridgehead atoms. The lowest BCUT2D eigenvalue weighted by Gasteiger charge is -2.37. The number of fused-ring (bicyclic) bond motifs is 2. The molecule has 1 amide bonds. The first-order valence-corrected chi connectivity index (χ1v) is 10.1. The summed E-state index contributed by atoms with van der Waals surface area (Å²) in [4.78, 5) is 12.9. The number of alkyl halides is 1. The minimum absolute atomic E-state index is 0.156. The Balaban J connectivity index is 1.70. The van der Waals surface area contributed by atoms with Gasteiger partial charge in [0.1, 0.15) is 17.3 Å². The SMILES string of the molecule is N[C@H]1CC(C(=O)N[C@H](c2c(F)ccc(Cl)c2F)C23CCC(F)(CC2)C3)C[C@@H]1O. The van der Waals surface area contributed by atoms with Crippen molar-refractivity contribution < 1.29 is 23.1 Å². The van der Waals surface area contributed by atoms with Gasteiger partial charge in [-0.05, 0) is 62.5 Å². The summed E-state index contributed by atoms with van der Waals surface area (Å²) in [6.07, 6.45) is 1.36. The van der Waals surface area contributed by atoms with Gasteiger partial charge >= 0.3 is 0 Å².